The lowest BCUT2D eigenvalue weighted by Crippen LogP contribution is -2.34. The number of carbonyl (C=O) groups excluding carboxylic acids is 2. The summed E-state index contributed by atoms with van der Waals surface area (Å²) in [6.45, 7) is 0.272. The molecule has 0 aliphatic heterocycles. The van der Waals surface area contributed by atoms with Crippen molar-refractivity contribution in [3.05, 3.63) is 65.7 Å². The van der Waals surface area contributed by atoms with Crippen LogP contribution in [0.3, 0.4) is 0 Å². The van der Waals surface area contributed by atoms with Crippen LogP contribution in [0.25, 0.3) is 0 Å². The van der Waals surface area contributed by atoms with Crippen LogP contribution in [0.2, 0.25) is 0 Å². The third kappa shape index (κ3) is 4.17. The standard InChI is InChI=1S/C18H16N2O3/c1-23-15-9-7-14(8-10-15)17(21)16(11-19)18(22)20-12-13-5-3-2-4-6-13/h2-10,16H,12H2,1H3,(H,20,22). The maximum atomic E-state index is 12.3. The predicted octanol–water partition coefficient (Wildman–Crippen LogP) is 2.33. The van der Waals surface area contributed by atoms with Crippen molar-refractivity contribution in [1.29, 1.82) is 5.26 Å². The van der Waals surface area contributed by atoms with Crippen LogP contribution in [-0.4, -0.2) is 18.8 Å². The second-order valence-electron chi connectivity index (χ2n) is 4.86. The van der Waals surface area contributed by atoms with E-state index in [0.717, 1.165) is 5.56 Å². The molecular formula is C18H16N2O3. The summed E-state index contributed by atoms with van der Waals surface area (Å²) in [5.74, 6) is -1.89. The second kappa shape index (κ2) is 7.76. The van der Waals surface area contributed by atoms with Crippen LogP contribution >= 0.6 is 0 Å². The van der Waals surface area contributed by atoms with E-state index in [9.17, 15) is 9.59 Å². The summed E-state index contributed by atoms with van der Waals surface area (Å²) in [7, 11) is 1.52. The van der Waals surface area contributed by atoms with Gasteiger partial charge in [0.2, 0.25) is 5.91 Å². The molecule has 1 atom stereocenters. The highest BCUT2D eigenvalue weighted by atomic mass is 16.5. The van der Waals surface area contributed by atoms with Crippen molar-refractivity contribution < 1.29 is 14.3 Å². The summed E-state index contributed by atoms with van der Waals surface area (Å²) in [5.41, 5.74) is 1.20. The van der Waals surface area contributed by atoms with Crippen LogP contribution in [0, 0.1) is 17.2 Å². The Kier molecular flexibility index (Phi) is 5.48. The molecule has 116 valence electrons. The maximum Gasteiger partial charge on any atom is 0.245 e. The lowest BCUT2D eigenvalue weighted by molar-refractivity contribution is -0.122. The third-order valence-corrected chi connectivity index (χ3v) is 3.34. The quantitative estimate of drug-likeness (QED) is 0.656. The molecule has 0 aliphatic rings. The highest BCUT2D eigenvalue weighted by Crippen LogP contribution is 2.15. The van der Waals surface area contributed by atoms with Crippen LogP contribution in [0.5, 0.6) is 5.75 Å². The number of Topliss-reactive ketones (excluding diaryl/α,β-unsaturated/α-hetero) is 1. The average molecular weight is 308 g/mol. The van der Waals surface area contributed by atoms with Crippen LogP contribution in [0.4, 0.5) is 0 Å². The summed E-state index contributed by atoms with van der Waals surface area (Å²) < 4.78 is 5.02. The smallest absolute Gasteiger partial charge is 0.245 e. The number of ether oxygens (including phenoxy) is 1. The van der Waals surface area contributed by atoms with E-state index >= 15 is 0 Å². The van der Waals surface area contributed by atoms with E-state index in [0.29, 0.717) is 11.3 Å². The van der Waals surface area contributed by atoms with Crippen LogP contribution in [0.1, 0.15) is 15.9 Å². The first kappa shape index (κ1) is 16.2. The number of nitrogens with zero attached hydrogens (tertiary/aromatic N) is 1. The van der Waals surface area contributed by atoms with Crippen molar-refractivity contribution in [3.63, 3.8) is 0 Å². The summed E-state index contributed by atoms with van der Waals surface area (Å²) in [5, 5.41) is 11.8. The number of rotatable bonds is 6. The Morgan fingerprint density at radius 1 is 1.13 bits per heavy atom. The Morgan fingerprint density at radius 2 is 1.78 bits per heavy atom. The minimum absolute atomic E-state index is 0.272. The molecule has 0 aliphatic carbocycles. The van der Waals surface area contributed by atoms with E-state index < -0.39 is 17.6 Å². The van der Waals surface area contributed by atoms with E-state index in [1.807, 2.05) is 30.3 Å². The molecule has 23 heavy (non-hydrogen) atoms. The first-order chi connectivity index (χ1) is 11.2. The monoisotopic (exact) mass is 308 g/mol. The van der Waals surface area contributed by atoms with Gasteiger partial charge in [0, 0.05) is 12.1 Å². The van der Waals surface area contributed by atoms with Crippen LogP contribution < -0.4 is 10.1 Å². The Bertz CT molecular complexity index is 718. The van der Waals surface area contributed by atoms with Gasteiger partial charge in [0.15, 0.2) is 11.7 Å². The Morgan fingerprint density at radius 3 is 2.35 bits per heavy atom. The van der Waals surface area contributed by atoms with Crippen molar-refractivity contribution in [2.24, 2.45) is 5.92 Å². The maximum absolute atomic E-state index is 12.3. The first-order valence-corrected chi connectivity index (χ1v) is 7.05. The summed E-state index contributed by atoms with van der Waals surface area (Å²) in [6, 6.07) is 17.4. The molecule has 1 N–H and O–H groups in total. The van der Waals surface area contributed by atoms with E-state index in [2.05, 4.69) is 5.32 Å². The van der Waals surface area contributed by atoms with Gasteiger partial charge < -0.3 is 10.1 Å². The van der Waals surface area contributed by atoms with Gasteiger partial charge in [-0.15, -0.1) is 0 Å². The summed E-state index contributed by atoms with van der Waals surface area (Å²) >= 11 is 0. The number of nitriles is 1. The van der Waals surface area contributed by atoms with E-state index in [1.54, 1.807) is 18.2 Å². The molecule has 0 radical (unpaired) electrons. The summed E-state index contributed by atoms with van der Waals surface area (Å²) in [4.78, 5) is 24.4. The van der Waals surface area contributed by atoms with Gasteiger partial charge in [-0.25, -0.2) is 0 Å². The lowest BCUT2D eigenvalue weighted by atomic mass is 9.98. The molecule has 0 bridgehead atoms. The number of amides is 1. The Labute approximate surface area is 134 Å². The second-order valence-corrected chi connectivity index (χ2v) is 4.86. The number of hydrogen-bond acceptors (Lipinski definition) is 4. The minimum Gasteiger partial charge on any atom is -0.497 e. The minimum atomic E-state index is -1.37. The van der Waals surface area contributed by atoms with Crippen molar-refractivity contribution in [2.45, 2.75) is 6.54 Å². The number of hydrogen-bond donors (Lipinski definition) is 1. The van der Waals surface area contributed by atoms with E-state index in [-0.39, 0.29) is 6.54 Å². The summed E-state index contributed by atoms with van der Waals surface area (Å²) in [6.07, 6.45) is 0. The van der Waals surface area contributed by atoms with Crippen molar-refractivity contribution in [3.8, 4) is 11.8 Å². The van der Waals surface area contributed by atoms with Gasteiger partial charge in [-0.3, -0.25) is 9.59 Å². The highest BCUT2D eigenvalue weighted by Gasteiger charge is 2.27. The molecule has 2 rings (SSSR count). The van der Waals surface area contributed by atoms with Gasteiger partial charge >= 0.3 is 0 Å². The predicted molar refractivity (Wildman–Crippen MR) is 84.7 cm³/mol. The first-order valence-electron chi connectivity index (χ1n) is 7.05. The van der Waals surface area contributed by atoms with E-state index in [4.69, 9.17) is 10.00 Å². The van der Waals surface area contributed by atoms with Gasteiger partial charge in [0.25, 0.3) is 0 Å². The van der Waals surface area contributed by atoms with Gasteiger partial charge in [-0.05, 0) is 29.8 Å². The topological polar surface area (TPSA) is 79.2 Å². The molecule has 1 amide bonds. The van der Waals surface area contributed by atoms with E-state index in [1.165, 1.54) is 19.2 Å². The molecule has 5 nitrogen and oxygen atoms in total. The molecular weight excluding hydrogens is 292 g/mol. The Hall–Kier alpha value is -3.13. The largest absolute Gasteiger partial charge is 0.497 e. The molecule has 0 fully saturated rings. The van der Waals surface area contributed by atoms with Crippen LogP contribution in [0.15, 0.2) is 54.6 Å². The SMILES string of the molecule is COc1ccc(C(=O)C(C#N)C(=O)NCc2ccccc2)cc1. The zero-order valence-electron chi connectivity index (χ0n) is 12.7. The van der Waals surface area contributed by atoms with Gasteiger partial charge in [-0.1, -0.05) is 30.3 Å². The van der Waals surface area contributed by atoms with Crippen molar-refractivity contribution in [1.82, 2.24) is 5.32 Å². The fourth-order valence-corrected chi connectivity index (χ4v) is 2.05. The molecule has 0 saturated heterocycles. The van der Waals surface area contributed by atoms with Gasteiger partial charge in [-0.2, -0.15) is 5.26 Å². The zero-order chi connectivity index (χ0) is 16.7. The molecule has 2 aromatic rings. The highest BCUT2D eigenvalue weighted by molar-refractivity contribution is 6.12. The fourth-order valence-electron chi connectivity index (χ4n) is 2.05. The molecule has 1 unspecified atom stereocenters. The third-order valence-electron chi connectivity index (χ3n) is 3.34. The zero-order valence-corrected chi connectivity index (χ0v) is 12.7. The molecule has 0 spiro atoms. The van der Waals surface area contributed by atoms with Gasteiger partial charge in [0.1, 0.15) is 5.75 Å². The number of benzene rings is 2. The number of ketones is 1. The molecule has 2 aromatic carbocycles. The van der Waals surface area contributed by atoms with Crippen molar-refractivity contribution >= 4 is 11.7 Å². The molecule has 5 heteroatoms. The normalized spacial score (nSPS) is 11.1. The molecule has 0 aromatic heterocycles. The van der Waals surface area contributed by atoms with Crippen molar-refractivity contribution in [2.75, 3.05) is 7.11 Å². The number of nitrogens with one attached hydrogen (secondary N) is 1. The molecule has 0 heterocycles. The number of carbonyl (C=O) groups is 2. The lowest BCUT2D eigenvalue weighted by Gasteiger charge is -2.10. The Balaban J connectivity index is 2.04. The number of methoxy groups -OCH3 is 1. The fraction of sp³-hybridized carbons (Fsp3) is 0.167. The van der Waals surface area contributed by atoms with Crippen LogP contribution in [-0.2, 0) is 11.3 Å². The molecule has 0 saturated carbocycles. The average Bonchev–Trinajstić information content (AvgIpc) is 2.61. The van der Waals surface area contributed by atoms with Gasteiger partial charge in [0.05, 0.1) is 13.2 Å².